The molecule has 1 fully saturated rings. The predicted molar refractivity (Wildman–Crippen MR) is 69.0 cm³/mol. The summed E-state index contributed by atoms with van der Waals surface area (Å²) in [5.41, 5.74) is 5.46. The topological polar surface area (TPSA) is 26.0 Å². The van der Waals surface area contributed by atoms with Crippen molar-refractivity contribution in [2.45, 2.75) is 45.6 Å². The second-order valence-corrected chi connectivity index (χ2v) is 6.73. The van der Waals surface area contributed by atoms with Gasteiger partial charge in [0.25, 0.3) is 0 Å². The van der Waals surface area contributed by atoms with Gasteiger partial charge in [-0.3, -0.25) is 0 Å². The monoisotopic (exact) mass is 271 g/mol. The van der Waals surface area contributed by atoms with Crippen molar-refractivity contribution in [2.75, 3.05) is 0 Å². The summed E-state index contributed by atoms with van der Waals surface area (Å²) in [7, 11) is 0. The summed E-state index contributed by atoms with van der Waals surface area (Å²) >= 11 is 0. The first-order valence-corrected chi connectivity index (χ1v) is 6.57. The zero-order chi connectivity index (χ0) is 14.4. The van der Waals surface area contributed by atoms with Gasteiger partial charge >= 0.3 is 0 Å². The Morgan fingerprint density at radius 3 is 2.32 bits per heavy atom. The maximum absolute atomic E-state index is 14.0. The van der Waals surface area contributed by atoms with Crippen LogP contribution in [0.15, 0.2) is 12.1 Å². The molecule has 106 valence electrons. The van der Waals surface area contributed by atoms with Crippen LogP contribution in [-0.2, 0) is 5.54 Å². The molecule has 1 nitrogen and oxygen atoms in total. The molecule has 0 amide bonds. The van der Waals surface area contributed by atoms with Crippen LogP contribution in [0.4, 0.5) is 13.2 Å². The molecule has 0 spiro atoms. The van der Waals surface area contributed by atoms with Crippen molar-refractivity contribution in [2.24, 2.45) is 17.1 Å². The standard InChI is InChI=1S/C15H20F3N/c1-9-6-14(2,3)8-15(19,7-9)10-4-5-11(16)13(18)12(10)17/h4-5,9H,6-8,19H2,1-3H3. The Bertz CT molecular complexity index is 498. The van der Waals surface area contributed by atoms with E-state index >= 15 is 0 Å². The van der Waals surface area contributed by atoms with Crippen LogP contribution in [0.1, 0.15) is 45.6 Å². The van der Waals surface area contributed by atoms with E-state index in [-0.39, 0.29) is 11.0 Å². The van der Waals surface area contributed by atoms with Crippen molar-refractivity contribution in [3.05, 3.63) is 35.1 Å². The number of halogens is 3. The largest absolute Gasteiger partial charge is 0.321 e. The first-order valence-electron chi connectivity index (χ1n) is 6.57. The maximum Gasteiger partial charge on any atom is 0.194 e. The third kappa shape index (κ3) is 2.64. The van der Waals surface area contributed by atoms with Crippen LogP contribution in [0.2, 0.25) is 0 Å². The van der Waals surface area contributed by atoms with E-state index in [1.54, 1.807) is 0 Å². The fourth-order valence-electron chi connectivity index (χ4n) is 3.75. The summed E-state index contributed by atoms with van der Waals surface area (Å²) in [5.74, 6) is -3.43. The second kappa shape index (κ2) is 4.51. The molecule has 1 saturated carbocycles. The van der Waals surface area contributed by atoms with Crippen LogP contribution < -0.4 is 5.73 Å². The van der Waals surface area contributed by atoms with Gasteiger partial charge < -0.3 is 5.73 Å². The van der Waals surface area contributed by atoms with Crippen LogP contribution in [0.5, 0.6) is 0 Å². The molecule has 0 saturated heterocycles. The molecule has 0 radical (unpaired) electrons. The SMILES string of the molecule is CC1CC(C)(C)CC(N)(c2ccc(F)c(F)c2F)C1. The third-order valence-electron chi connectivity index (χ3n) is 3.98. The third-order valence-corrected chi connectivity index (χ3v) is 3.98. The molecule has 1 aromatic carbocycles. The lowest BCUT2D eigenvalue weighted by molar-refractivity contribution is 0.104. The van der Waals surface area contributed by atoms with Crippen LogP contribution in [0.25, 0.3) is 0 Å². The highest BCUT2D eigenvalue weighted by molar-refractivity contribution is 5.29. The molecule has 2 rings (SSSR count). The Hall–Kier alpha value is -1.03. The molecule has 1 aromatic rings. The van der Waals surface area contributed by atoms with E-state index in [1.807, 2.05) is 0 Å². The van der Waals surface area contributed by atoms with E-state index in [0.29, 0.717) is 18.8 Å². The van der Waals surface area contributed by atoms with Gasteiger partial charge in [0.2, 0.25) is 0 Å². The summed E-state index contributed by atoms with van der Waals surface area (Å²) in [6.45, 7) is 6.20. The Morgan fingerprint density at radius 2 is 1.74 bits per heavy atom. The first kappa shape index (κ1) is 14.4. The molecule has 2 atom stereocenters. The lowest BCUT2D eigenvalue weighted by Crippen LogP contribution is -2.47. The molecule has 0 aromatic heterocycles. The number of hydrogen-bond acceptors (Lipinski definition) is 1. The van der Waals surface area contributed by atoms with Gasteiger partial charge in [-0.15, -0.1) is 0 Å². The predicted octanol–water partition coefficient (Wildman–Crippen LogP) is 4.10. The molecular weight excluding hydrogens is 251 g/mol. The maximum atomic E-state index is 14.0. The molecule has 1 aliphatic rings. The minimum absolute atomic E-state index is 0.0380. The molecular formula is C15H20F3N. The van der Waals surface area contributed by atoms with Gasteiger partial charge in [-0.1, -0.05) is 26.8 Å². The van der Waals surface area contributed by atoms with Crippen molar-refractivity contribution < 1.29 is 13.2 Å². The molecule has 4 heteroatoms. The van der Waals surface area contributed by atoms with Crippen LogP contribution in [0, 0.1) is 28.8 Å². The van der Waals surface area contributed by atoms with Gasteiger partial charge in [0.1, 0.15) is 0 Å². The van der Waals surface area contributed by atoms with E-state index in [0.717, 1.165) is 12.5 Å². The quantitative estimate of drug-likeness (QED) is 0.764. The molecule has 1 aliphatic carbocycles. The Morgan fingerprint density at radius 1 is 1.11 bits per heavy atom. The lowest BCUT2D eigenvalue weighted by Gasteiger charge is -2.46. The number of nitrogens with two attached hydrogens (primary N) is 1. The van der Waals surface area contributed by atoms with Gasteiger partial charge in [0.05, 0.1) is 0 Å². The van der Waals surface area contributed by atoms with Crippen LogP contribution in [-0.4, -0.2) is 0 Å². The smallest absolute Gasteiger partial charge is 0.194 e. The van der Waals surface area contributed by atoms with Crippen molar-refractivity contribution in [3.63, 3.8) is 0 Å². The zero-order valence-corrected chi connectivity index (χ0v) is 11.6. The van der Waals surface area contributed by atoms with Gasteiger partial charge in [-0.25, -0.2) is 13.2 Å². The minimum Gasteiger partial charge on any atom is -0.321 e. The second-order valence-electron chi connectivity index (χ2n) is 6.73. The van der Waals surface area contributed by atoms with E-state index in [4.69, 9.17) is 5.73 Å². The lowest BCUT2D eigenvalue weighted by atomic mass is 9.62. The summed E-state index contributed by atoms with van der Waals surface area (Å²) in [6.07, 6.45) is 2.14. The normalized spacial score (nSPS) is 30.4. The molecule has 19 heavy (non-hydrogen) atoms. The van der Waals surface area contributed by atoms with Gasteiger partial charge in [0, 0.05) is 11.1 Å². The summed E-state index contributed by atoms with van der Waals surface area (Å²) in [6, 6.07) is 2.23. The average molecular weight is 271 g/mol. The summed E-state index contributed by atoms with van der Waals surface area (Å²) in [5, 5.41) is 0. The van der Waals surface area contributed by atoms with Crippen molar-refractivity contribution in [1.29, 1.82) is 0 Å². The fraction of sp³-hybridized carbons (Fsp3) is 0.600. The van der Waals surface area contributed by atoms with E-state index in [9.17, 15) is 13.2 Å². The van der Waals surface area contributed by atoms with E-state index in [1.165, 1.54) is 6.07 Å². The Kier molecular flexibility index (Phi) is 3.42. The molecule has 0 heterocycles. The molecule has 2 N–H and O–H groups in total. The Balaban J connectivity index is 2.48. The molecule has 0 aliphatic heterocycles. The highest BCUT2D eigenvalue weighted by Crippen LogP contribution is 2.47. The van der Waals surface area contributed by atoms with Crippen molar-refractivity contribution in [3.8, 4) is 0 Å². The van der Waals surface area contributed by atoms with E-state index in [2.05, 4.69) is 20.8 Å². The number of rotatable bonds is 1. The van der Waals surface area contributed by atoms with Gasteiger partial charge in [-0.2, -0.15) is 0 Å². The number of hydrogen-bond donors (Lipinski definition) is 1. The Labute approximate surface area is 112 Å². The minimum atomic E-state index is -1.43. The summed E-state index contributed by atoms with van der Waals surface area (Å²) in [4.78, 5) is 0. The van der Waals surface area contributed by atoms with Crippen LogP contribution in [0.3, 0.4) is 0 Å². The highest BCUT2D eigenvalue weighted by Gasteiger charge is 2.43. The fourth-order valence-corrected chi connectivity index (χ4v) is 3.75. The van der Waals surface area contributed by atoms with Gasteiger partial charge in [-0.05, 0) is 36.7 Å². The summed E-state index contributed by atoms with van der Waals surface area (Å²) < 4.78 is 40.4. The first-order chi connectivity index (χ1) is 8.65. The van der Waals surface area contributed by atoms with Crippen molar-refractivity contribution in [1.82, 2.24) is 0 Å². The molecule has 2 unspecified atom stereocenters. The van der Waals surface area contributed by atoms with E-state index < -0.39 is 23.0 Å². The zero-order valence-electron chi connectivity index (χ0n) is 11.6. The molecule has 0 bridgehead atoms. The van der Waals surface area contributed by atoms with Gasteiger partial charge in [0.15, 0.2) is 17.5 Å². The number of benzene rings is 1. The average Bonchev–Trinajstić information content (AvgIpc) is 2.22. The van der Waals surface area contributed by atoms with Crippen LogP contribution >= 0.6 is 0 Å². The highest BCUT2D eigenvalue weighted by atomic mass is 19.2. The van der Waals surface area contributed by atoms with Crippen molar-refractivity contribution >= 4 is 0 Å².